The number of carbonyl (C=O) groups excluding carboxylic acids is 1. The van der Waals surface area contributed by atoms with Gasteiger partial charge in [-0.3, -0.25) is 0 Å². The molecule has 4 rings (SSSR count). The third-order valence-electron chi connectivity index (χ3n) is 4.74. The fourth-order valence-electron chi connectivity index (χ4n) is 3.30. The second-order valence-corrected chi connectivity index (χ2v) is 8.28. The van der Waals surface area contributed by atoms with Crippen molar-refractivity contribution in [3.8, 4) is 22.9 Å². The molecule has 32 heavy (non-hydrogen) atoms. The van der Waals surface area contributed by atoms with E-state index in [1.807, 2.05) is 0 Å². The summed E-state index contributed by atoms with van der Waals surface area (Å²) in [6.45, 7) is 5.88. The highest BCUT2D eigenvalue weighted by atomic mass is 19.4. The minimum Gasteiger partial charge on any atom is -0.444 e. The number of nitrogens with zero attached hydrogens (tertiary/aromatic N) is 6. The number of rotatable bonds is 2. The number of tetrazole rings is 1. The maximum Gasteiger partial charge on any atom is 0.416 e. The smallest absolute Gasteiger partial charge is 0.416 e. The molecule has 3 aromatic rings. The summed E-state index contributed by atoms with van der Waals surface area (Å²) in [5, 5.41) is 13.9. The number of H-pyrrole nitrogens is 1. The van der Waals surface area contributed by atoms with Crippen LogP contribution in [0.4, 0.5) is 18.0 Å². The number of nitrogens with one attached hydrogen (secondary N) is 1. The van der Waals surface area contributed by atoms with Crippen molar-refractivity contribution in [1.82, 2.24) is 35.5 Å². The van der Waals surface area contributed by atoms with Crippen LogP contribution >= 0.6 is 0 Å². The predicted molar refractivity (Wildman–Crippen MR) is 106 cm³/mol. The van der Waals surface area contributed by atoms with Crippen LogP contribution in [0.1, 0.15) is 37.6 Å². The second kappa shape index (κ2) is 7.84. The van der Waals surface area contributed by atoms with Gasteiger partial charge in [0.05, 0.1) is 17.8 Å². The Bertz CT molecular complexity index is 1120. The zero-order chi connectivity index (χ0) is 23.1. The van der Waals surface area contributed by atoms with Gasteiger partial charge < -0.3 is 9.64 Å². The average molecular weight is 447 g/mol. The molecule has 0 saturated carbocycles. The van der Waals surface area contributed by atoms with E-state index in [-0.39, 0.29) is 18.2 Å². The molecule has 0 spiro atoms. The number of benzene rings is 1. The third kappa shape index (κ3) is 4.53. The molecule has 12 heteroatoms. The van der Waals surface area contributed by atoms with Crippen LogP contribution in [0.5, 0.6) is 0 Å². The first kappa shape index (κ1) is 21.7. The van der Waals surface area contributed by atoms with Crippen LogP contribution in [0, 0.1) is 0 Å². The summed E-state index contributed by atoms with van der Waals surface area (Å²) in [4.78, 5) is 23.1. The number of aromatic amines is 1. The number of ether oxygens (including phenoxy) is 1. The Balaban J connectivity index is 1.73. The Morgan fingerprint density at radius 2 is 1.81 bits per heavy atom. The average Bonchev–Trinajstić information content (AvgIpc) is 3.25. The van der Waals surface area contributed by atoms with Crippen molar-refractivity contribution in [3.63, 3.8) is 0 Å². The largest absolute Gasteiger partial charge is 0.444 e. The molecule has 1 amide bonds. The normalized spacial score (nSPS) is 14.2. The SMILES string of the molecule is CC(C)(C)OC(=O)N1CCc2c(nc(-c3ccc(C(F)(F)F)cc3)nc2-c2nn[nH]n2)C1. The molecule has 0 fully saturated rings. The van der Waals surface area contributed by atoms with Crippen molar-refractivity contribution in [2.24, 2.45) is 0 Å². The molecule has 1 aromatic carbocycles. The Morgan fingerprint density at radius 1 is 1.09 bits per heavy atom. The molecule has 168 valence electrons. The van der Waals surface area contributed by atoms with Crippen LogP contribution in [0.15, 0.2) is 24.3 Å². The quantitative estimate of drug-likeness (QED) is 0.639. The van der Waals surface area contributed by atoms with Crippen molar-refractivity contribution in [2.75, 3.05) is 6.54 Å². The van der Waals surface area contributed by atoms with E-state index in [1.165, 1.54) is 17.0 Å². The summed E-state index contributed by atoms with van der Waals surface area (Å²) in [6, 6.07) is 4.55. The van der Waals surface area contributed by atoms with Crippen LogP contribution in [0.3, 0.4) is 0 Å². The molecule has 1 aliphatic heterocycles. The van der Waals surface area contributed by atoms with Gasteiger partial charge in [-0.1, -0.05) is 12.1 Å². The fourth-order valence-corrected chi connectivity index (χ4v) is 3.30. The molecule has 3 heterocycles. The van der Waals surface area contributed by atoms with Crippen LogP contribution in [-0.2, 0) is 23.9 Å². The number of aromatic nitrogens is 6. The molecule has 0 unspecified atom stereocenters. The van der Waals surface area contributed by atoms with Crippen molar-refractivity contribution >= 4 is 6.09 Å². The number of halogens is 3. The first-order chi connectivity index (χ1) is 15.0. The lowest BCUT2D eigenvalue weighted by Gasteiger charge is -2.31. The molecule has 0 bridgehead atoms. The van der Waals surface area contributed by atoms with Gasteiger partial charge >= 0.3 is 12.3 Å². The molecular weight excluding hydrogens is 427 g/mol. The van der Waals surface area contributed by atoms with Gasteiger partial charge in [0.1, 0.15) is 11.3 Å². The van der Waals surface area contributed by atoms with Crippen LogP contribution in [0.2, 0.25) is 0 Å². The third-order valence-corrected chi connectivity index (χ3v) is 4.74. The minimum atomic E-state index is -4.45. The van der Waals surface area contributed by atoms with Gasteiger partial charge in [-0.25, -0.2) is 14.8 Å². The van der Waals surface area contributed by atoms with Gasteiger partial charge in [-0.15, -0.1) is 10.2 Å². The summed E-state index contributed by atoms with van der Waals surface area (Å²) in [7, 11) is 0. The highest BCUT2D eigenvalue weighted by Gasteiger charge is 2.31. The zero-order valence-corrected chi connectivity index (χ0v) is 17.6. The van der Waals surface area contributed by atoms with Gasteiger partial charge in [0.15, 0.2) is 5.82 Å². The number of hydrogen-bond acceptors (Lipinski definition) is 7. The highest BCUT2D eigenvalue weighted by molar-refractivity contribution is 5.70. The van der Waals surface area contributed by atoms with Gasteiger partial charge in [-0.2, -0.15) is 18.4 Å². The summed E-state index contributed by atoms with van der Waals surface area (Å²) >= 11 is 0. The maximum absolute atomic E-state index is 12.9. The van der Waals surface area contributed by atoms with Gasteiger partial charge in [-0.05, 0) is 44.5 Å². The number of hydrogen-bond donors (Lipinski definition) is 1. The van der Waals surface area contributed by atoms with Gasteiger partial charge in [0.25, 0.3) is 0 Å². The van der Waals surface area contributed by atoms with E-state index < -0.39 is 23.4 Å². The van der Waals surface area contributed by atoms with Crippen molar-refractivity contribution < 1.29 is 22.7 Å². The van der Waals surface area contributed by atoms with Crippen molar-refractivity contribution in [3.05, 3.63) is 41.1 Å². The monoisotopic (exact) mass is 447 g/mol. The first-order valence-corrected chi connectivity index (χ1v) is 9.80. The highest BCUT2D eigenvalue weighted by Crippen LogP contribution is 2.32. The van der Waals surface area contributed by atoms with Crippen LogP contribution in [0.25, 0.3) is 22.9 Å². The van der Waals surface area contributed by atoms with E-state index in [2.05, 4.69) is 30.6 Å². The molecule has 9 nitrogen and oxygen atoms in total. The number of alkyl halides is 3. The Kier molecular flexibility index (Phi) is 5.31. The Hall–Kier alpha value is -3.57. The first-order valence-electron chi connectivity index (χ1n) is 9.80. The number of fused-ring (bicyclic) bond motifs is 1. The van der Waals surface area contributed by atoms with E-state index in [0.29, 0.717) is 29.9 Å². The van der Waals surface area contributed by atoms with E-state index in [0.717, 1.165) is 17.7 Å². The van der Waals surface area contributed by atoms with E-state index in [1.54, 1.807) is 20.8 Å². The molecule has 0 aliphatic carbocycles. The summed E-state index contributed by atoms with van der Waals surface area (Å²) in [5.74, 6) is 0.436. The fraction of sp³-hybridized carbons (Fsp3) is 0.400. The Morgan fingerprint density at radius 3 is 2.41 bits per heavy atom. The number of amides is 1. The zero-order valence-electron chi connectivity index (χ0n) is 17.6. The lowest BCUT2D eigenvalue weighted by atomic mass is 10.0. The molecule has 0 atom stereocenters. The summed E-state index contributed by atoms with van der Waals surface area (Å²) < 4.78 is 44.2. The minimum absolute atomic E-state index is 0.158. The standard InChI is InChI=1S/C20H20F3N7O2/c1-19(2,3)32-18(31)30-9-8-13-14(10-30)24-16(25-15(13)17-26-28-29-27-17)11-4-6-12(7-5-11)20(21,22)23/h4-7H,8-10H2,1-3H3,(H,26,27,28,29). The van der Waals surface area contributed by atoms with Crippen molar-refractivity contribution in [1.29, 1.82) is 0 Å². The molecule has 1 aliphatic rings. The lowest BCUT2D eigenvalue weighted by Crippen LogP contribution is -2.40. The number of carbonyl (C=O) groups is 1. The van der Waals surface area contributed by atoms with E-state index in [9.17, 15) is 18.0 Å². The van der Waals surface area contributed by atoms with Crippen LogP contribution < -0.4 is 0 Å². The Labute approximate surface area is 181 Å². The van der Waals surface area contributed by atoms with Crippen LogP contribution in [-0.4, -0.2) is 53.7 Å². The van der Waals surface area contributed by atoms with E-state index in [4.69, 9.17) is 4.74 Å². The maximum atomic E-state index is 12.9. The predicted octanol–water partition coefficient (Wildman–Crippen LogP) is 3.64. The lowest BCUT2D eigenvalue weighted by molar-refractivity contribution is -0.137. The van der Waals surface area contributed by atoms with Crippen molar-refractivity contribution in [2.45, 2.75) is 45.5 Å². The van der Waals surface area contributed by atoms with Gasteiger partial charge in [0, 0.05) is 17.7 Å². The van der Waals surface area contributed by atoms with E-state index >= 15 is 0 Å². The second-order valence-electron chi connectivity index (χ2n) is 8.28. The van der Waals surface area contributed by atoms with Gasteiger partial charge in [0.2, 0.25) is 5.82 Å². The molecular formula is C20H20F3N7O2. The molecule has 0 radical (unpaired) electrons. The summed E-state index contributed by atoms with van der Waals surface area (Å²) in [5.41, 5.74) is 0.689. The molecule has 1 N–H and O–H groups in total. The molecule has 0 saturated heterocycles. The summed E-state index contributed by atoms with van der Waals surface area (Å²) in [6.07, 6.45) is -4.48. The molecule has 2 aromatic heterocycles. The topological polar surface area (TPSA) is 110 Å².